The molecule has 1 aromatic carbocycles. The summed E-state index contributed by atoms with van der Waals surface area (Å²) < 4.78 is 2.47. The predicted octanol–water partition coefficient (Wildman–Crippen LogP) is 2.28. The molecule has 0 aliphatic heterocycles. The van der Waals surface area contributed by atoms with E-state index < -0.39 is 0 Å². The van der Waals surface area contributed by atoms with Gasteiger partial charge in [0.15, 0.2) is 0 Å². The number of aromatic nitrogens is 3. The molecule has 0 bridgehead atoms. The van der Waals surface area contributed by atoms with Gasteiger partial charge in [0.2, 0.25) is 0 Å². The van der Waals surface area contributed by atoms with Crippen LogP contribution in [0.4, 0.5) is 0 Å². The van der Waals surface area contributed by atoms with Crippen molar-refractivity contribution in [1.29, 1.82) is 5.41 Å². The van der Waals surface area contributed by atoms with Gasteiger partial charge in [-0.2, -0.15) is 0 Å². The molecule has 0 spiro atoms. The van der Waals surface area contributed by atoms with E-state index in [0.717, 1.165) is 23.1 Å². The molecule has 0 saturated carbocycles. The van der Waals surface area contributed by atoms with Gasteiger partial charge in [0.25, 0.3) is 0 Å². The Morgan fingerprint density at radius 2 is 2.05 bits per heavy atom. The van der Waals surface area contributed by atoms with Crippen LogP contribution in [0.25, 0.3) is 11.0 Å². The average molecular weight is 328 g/mol. The van der Waals surface area contributed by atoms with Gasteiger partial charge in [0.05, 0.1) is 0 Å². The van der Waals surface area contributed by atoms with Crippen LogP contribution in [0.3, 0.4) is 0 Å². The number of rotatable bonds is 3. The summed E-state index contributed by atoms with van der Waals surface area (Å²) in [5.41, 5.74) is 4.16. The molecule has 1 radical (unpaired) electrons. The Morgan fingerprint density at radius 1 is 1.30 bits per heavy atom. The summed E-state index contributed by atoms with van der Waals surface area (Å²) in [6.07, 6.45) is 5.26. The normalized spacial score (nSPS) is 10.8. The molecule has 0 amide bonds. The van der Waals surface area contributed by atoms with Gasteiger partial charge in [-0.05, 0) is 0 Å². The summed E-state index contributed by atoms with van der Waals surface area (Å²) in [5.74, 6) is 0. The van der Waals surface area contributed by atoms with Crippen LogP contribution in [0.1, 0.15) is 16.7 Å². The first-order valence-electron chi connectivity index (χ1n) is 6.25. The topological polar surface area (TPSA) is 54.6 Å². The molecule has 20 heavy (non-hydrogen) atoms. The van der Waals surface area contributed by atoms with Gasteiger partial charge >= 0.3 is 125 Å². The van der Waals surface area contributed by atoms with Gasteiger partial charge in [-0.3, -0.25) is 0 Å². The summed E-state index contributed by atoms with van der Waals surface area (Å²) in [7, 11) is 0. The molecular weight excluding hydrogens is 315 g/mol. The van der Waals surface area contributed by atoms with Crippen molar-refractivity contribution < 1.29 is 0 Å². The van der Waals surface area contributed by atoms with Gasteiger partial charge in [-0.15, -0.1) is 0 Å². The van der Waals surface area contributed by atoms with Crippen molar-refractivity contribution in [2.75, 3.05) is 0 Å². The van der Waals surface area contributed by atoms with Gasteiger partial charge in [0, 0.05) is 0 Å². The van der Waals surface area contributed by atoms with Gasteiger partial charge in [-0.25, -0.2) is 0 Å². The van der Waals surface area contributed by atoms with Crippen LogP contribution >= 0.6 is 0 Å². The van der Waals surface area contributed by atoms with E-state index in [1.807, 2.05) is 6.20 Å². The third kappa shape index (κ3) is 2.38. The Bertz CT molecular complexity index is 774. The molecule has 0 atom stereocenters. The Balaban J connectivity index is 2.07. The van der Waals surface area contributed by atoms with E-state index in [0.29, 0.717) is 4.61 Å². The number of nitrogens with one attached hydrogen (secondary N) is 1. The van der Waals surface area contributed by atoms with Crippen LogP contribution in [0.5, 0.6) is 0 Å². The molecule has 0 saturated heterocycles. The molecule has 4 nitrogen and oxygen atoms in total. The summed E-state index contributed by atoms with van der Waals surface area (Å²) >= 11 is 2.75. The standard InChI is InChI=1S/C15H13N4Se/c1-10-2-4-11(5-3-10)7-19-8-13(14(16)20)12-6-17-9-18-15(12)19/h2-6,8-9,16H,7H2,1H3. The van der Waals surface area contributed by atoms with Crippen LogP contribution in [-0.4, -0.2) is 35.2 Å². The molecule has 2 heterocycles. The number of hydrogen-bond acceptors (Lipinski definition) is 3. The third-order valence-corrected chi connectivity index (χ3v) is 3.72. The van der Waals surface area contributed by atoms with E-state index in [2.05, 4.69) is 61.7 Å². The molecule has 2 aromatic heterocycles. The number of aryl methyl sites for hydroxylation is 1. The van der Waals surface area contributed by atoms with E-state index >= 15 is 0 Å². The maximum absolute atomic E-state index is 7.81. The first kappa shape index (κ1) is 13.0. The Morgan fingerprint density at radius 3 is 2.75 bits per heavy atom. The molecule has 0 unspecified atom stereocenters. The van der Waals surface area contributed by atoms with Gasteiger partial charge in [0.1, 0.15) is 0 Å². The second-order valence-electron chi connectivity index (χ2n) is 4.75. The summed E-state index contributed by atoms with van der Waals surface area (Å²) in [6, 6.07) is 8.44. The molecule has 99 valence electrons. The second-order valence-corrected chi connectivity index (χ2v) is 5.60. The van der Waals surface area contributed by atoms with Crippen LogP contribution in [0, 0.1) is 12.3 Å². The van der Waals surface area contributed by atoms with E-state index in [1.54, 1.807) is 12.5 Å². The third-order valence-electron chi connectivity index (χ3n) is 3.26. The van der Waals surface area contributed by atoms with E-state index in [-0.39, 0.29) is 0 Å². The van der Waals surface area contributed by atoms with Crippen molar-refractivity contribution in [1.82, 2.24) is 14.5 Å². The van der Waals surface area contributed by atoms with Gasteiger partial charge in [-0.1, -0.05) is 0 Å². The molecule has 0 aliphatic rings. The summed E-state index contributed by atoms with van der Waals surface area (Å²) in [4.78, 5) is 8.39. The van der Waals surface area contributed by atoms with Crippen molar-refractivity contribution in [3.8, 4) is 0 Å². The molecular formula is C15H13N4Se. The molecule has 1 N–H and O–H groups in total. The molecule has 5 heteroatoms. The number of fused-ring (bicyclic) bond motifs is 1. The average Bonchev–Trinajstić information content (AvgIpc) is 2.81. The fraction of sp³-hybridized carbons (Fsp3) is 0.133. The number of hydrogen-bond donors (Lipinski definition) is 1. The zero-order valence-corrected chi connectivity index (χ0v) is 12.7. The summed E-state index contributed by atoms with van der Waals surface area (Å²) in [6.45, 7) is 2.81. The minimum atomic E-state index is 0.410. The van der Waals surface area contributed by atoms with Gasteiger partial charge < -0.3 is 0 Å². The monoisotopic (exact) mass is 329 g/mol. The first-order chi connectivity index (χ1) is 9.65. The van der Waals surface area contributed by atoms with E-state index in [9.17, 15) is 0 Å². The zero-order chi connectivity index (χ0) is 14.1. The van der Waals surface area contributed by atoms with Crippen molar-refractivity contribution in [2.45, 2.75) is 13.5 Å². The first-order valence-corrected chi connectivity index (χ1v) is 7.11. The molecule has 3 aromatic rings. The zero-order valence-electron chi connectivity index (χ0n) is 11.0. The van der Waals surface area contributed by atoms with Crippen LogP contribution in [0.15, 0.2) is 43.0 Å². The minimum absolute atomic E-state index is 0.410. The van der Waals surface area contributed by atoms with Crippen molar-refractivity contribution in [3.63, 3.8) is 0 Å². The molecule has 0 aliphatic carbocycles. The Kier molecular flexibility index (Phi) is 3.38. The van der Waals surface area contributed by atoms with Crippen molar-refractivity contribution in [2.24, 2.45) is 0 Å². The van der Waals surface area contributed by atoms with Crippen LogP contribution in [-0.2, 0) is 6.54 Å². The molecule has 0 fully saturated rings. The quantitative estimate of drug-likeness (QED) is 0.592. The predicted molar refractivity (Wildman–Crippen MR) is 80.4 cm³/mol. The van der Waals surface area contributed by atoms with Crippen molar-refractivity contribution >= 4 is 31.7 Å². The maximum atomic E-state index is 7.81. The number of benzene rings is 1. The second kappa shape index (κ2) is 5.19. The summed E-state index contributed by atoms with van der Waals surface area (Å²) in [5, 5.41) is 8.72. The number of nitrogens with zero attached hydrogens (tertiary/aromatic N) is 3. The Labute approximate surface area is 125 Å². The van der Waals surface area contributed by atoms with Crippen molar-refractivity contribution in [3.05, 3.63) is 59.7 Å². The molecule has 3 rings (SSSR count). The van der Waals surface area contributed by atoms with E-state index in [4.69, 9.17) is 5.41 Å². The van der Waals surface area contributed by atoms with Crippen LogP contribution in [0.2, 0.25) is 0 Å². The van der Waals surface area contributed by atoms with E-state index in [1.165, 1.54) is 11.1 Å². The van der Waals surface area contributed by atoms with Crippen LogP contribution < -0.4 is 0 Å². The SMILES string of the molecule is Cc1ccc(Cn2cc(C(=N)[Se])c3cncnc32)cc1. The fourth-order valence-corrected chi connectivity index (χ4v) is 2.56. The Hall–Kier alpha value is -1.97. The fourth-order valence-electron chi connectivity index (χ4n) is 2.22.